The molecule has 0 spiro atoms. The lowest BCUT2D eigenvalue weighted by Crippen LogP contribution is -2.41. The number of carboxylic acids is 1. The first kappa shape index (κ1) is 14.3. The number of aromatic nitrogens is 1. The number of hydrogen-bond acceptors (Lipinski definition) is 4. The smallest absolute Gasteiger partial charge is 0.319 e. The largest absolute Gasteiger partial charge is 0.481 e. The molecule has 1 aliphatic rings. The van der Waals surface area contributed by atoms with Gasteiger partial charge in [-0.3, -0.25) is 9.78 Å². The second-order valence-electron chi connectivity index (χ2n) is 4.68. The number of urea groups is 1. The highest BCUT2D eigenvalue weighted by Gasteiger charge is 2.25. The van der Waals surface area contributed by atoms with E-state index in [4.69, 9.17) is 9.84 Å². The minimum Gasteiger partial charge on any atom is -0.481 e. The highest BCUT2D eigenvalue weighted by Crippen LogP contribution is 2.13. The molecule has 1 fully saturated rings. The molecule has 1 aromatic rings. The zero-order valence-corrected chi connectivity index (χ0v) is 11.1. The predicted molar refractivity (Wildman–Crippen MR) is 71.6 cm³/mol. The molecule has 0 radical (unpaired) electrons. The molecule has 0 bridgehead atoms. The molecule has 2 rings (SSSR count). The summed E-state index contributed by atoms with van der Waals surface area (Å²) in [6, 6.07) is 2.89. The number of carbonyl (C=O) groups excluding carboxylic acids is 1. The lowest BCUT2D eigenvalue weighted by molar-refractivity contribution is -0.136. The summed E-state index contributed by atoms with van der Waals surface area (Å²) in [6.07, 6.45) is 2.11. The van der Waals surface area contributed by atoms with Gasteiger partial charge in [-0.15, -0.1) is 0 Å². The van der Waals surface area contributed by atoms with Crippen LogP contribution < -0.4 is 10.6 Å². The monoisotopic (exact) mass is 279 g/mol. The van der Waals surface area contributed by atoms with Crippen molar-refractivity contribution in [2.45, 2.75) is 31.9 Å². The van der Waals surface area contributed by atoms with E-state index in [1.807, 2.05) is 6.92 Å². The predicted octanol–water partition coefficient (Wildman–Crippen LogP) is 1.01. The van der Waals surface area contributed by atoms with E-state index in [0.717, 1.165) is 6.42 Å². The Bertz CT molecular complexity index is 489. The van der Waals surface area contributed by atoms with Crippen molar-refractivity contribution >= 4 is 17.7 Å². The highest BCUT2D eigenvalue weighted by atomic mass is 16.5. The van der Waals surface area contributed by atoms with Crippen molar-refractivity contribution in [3.8, 4) is 0 Å². The van der Waals surface area contributed by atoms with Crippen LogP contribution in [0.4, 0.5) is 10.5 Å². The number of nitrogens with one attached hydrogen (secondary N) is 2. The summed E-state index contributed by atoms with van der Waals surface area (Å²) in [5.41, 5.74) is 0.962. The number of pyridine rings is 1. The minimum absolute atomic E-state index is 0.00856. The molecule has 2 atom stereocenters. The normalized spacial score (nSPS) is 21.4. The van der Waals surface area contributed by atoms with Crippen LogP contribution in [-0.2, 0) is 16.0 Å². The Morgan fingerprint density at radius 1 is 1.50 bits per heavy atom. The quantitative estimate of drug-likeness (QED) is 0.763. The average molecular weight is 279 g/mol. The van der Waals surface area contributed by atoms with Gasteiger partial charge in [-0.05, 0) is 25.5 Å². The number of rotatable bonds is 4. The van der Waals surface area contributed by atoms with E-state index in [9.17, 15) is 9.59 Å². The third-order valence-electron chi connectivity index (χ3n) is 3.11. The van der Waals surface area contributed by atoms with Gasteiger partial charge in [-0.2, -0.15) is 0 Å². The Morgan fingerprint density at radius 2 is 2.30 bits per heavy atom. The first-order valence-corrected chi connectivity index (χ1v) is 6.40. The minimum atomic E-state index is -0.939. The Hall–Kier alpha value is -2.15. The molecule has 1 saturated heterocycles. The molecule has 2 heterocycles. The van der Waals surface area contributed by atoms with E-state index in [1.165, 1.54) is 6.20 Å². The van der Waals surface area contributed by atoms with Gasteiger partial charge in [0.15, 0.2) is 0 Å². The molecule has 0 aliphatic carbocycles. The van der Waals surface area contributed by atoms with Gasteiger partial charge >= 0.3 is 12.0 Å². The number of carboxylic acid groups (broad SMARTS) is 1. The van der Waals surface area contributed by atoms with Gasteiger partial charge in [0.1, 0.15) is 0 Å². The van der Waals surface area contributed by atoms with Gasteiger partial charge in [0, 0.05) is 6.61 Å². The maximum absolute atomic E-state index is 11.8. The number of hydrogen-bond donors (Lipinski definition) is 3. The summed E-state index contributed by atoms with van der Waals surface area (Å²) in [7, 11) is 0. The summed E-state index contributed by atoms with van der Waals surface area (Å²) in [5, 5.41) is 14.1. The molecule has 1 aliphatic heterocycles. The van der Waals surface area contributed by atoms with Crippen LogP contribution in [0.5, 0.6) is 0 Å². The van der Waals surface area contributed by atoms with Crippen LogP contribution in [0.3, 0.4) is 0 Å². The molecule has 0 aromatic carbocycles. The highest BCUT2D eigenvalue weighted by molar-refractivity contribution is 5.89. The third kappa shape index (κ3) is 3.92. The summed E-state index contributed by atoms with van der Waals surface area (Å²) >= 11 is 0. The van der Waals surface area contributed by atoms with Crippen LogP contribution >= 0.6 is 0 Å². The fraction of sp³-hybridized carbons (Fsp3) is 0.462. The second-order valence-corrected chi connectivity index (χ2v) is 4.68. The Kier molecular flexibility index (Phi) is 4.52. The molecular weight excluding hydrogens is 262 g/mol. The second kappa shape index (κ2) is 6.33. The Morgan fingerprint density at radius 3 is 2.85 bits per heavy atom. The molecule has 2 amide bonds. The summed E-state index contributed by atoms with van der Waals surface area (Å²) in [4.78, 5) is 26.3. The average Bonchev–Trinajstić information content (AvgIpc) is 2.77. The van der Waals surface area contributed by atoms with Gasteiger partial charge in [0.05, 0.1) is 36.1 Å². The van der Waals surface area contributed by atoms with Crippen LogP contribution in [0, 0.1) is 0 Å². The van der Waals surface area contributed by atoms with Gasteiger partial charge in [-0.25, -0.2) is 4.79 Å². The lowest BCUT2D eigenvalue weighted by Gasteiger charge is -2.16. The van der Waals surface area contributed by atoms with Crippen LogP contribution in [0.2, 0.25) is 0 Å². The van der Waals surface area contributed by atoms with Gasteiger partial charge in [-0.1, -0.05) is 0 Å². The van der Waals surface area contributed by atoms with Gasteiger partial charge in [0.25, 0.3) is 0 Å². The number of anilines is 1. The number of aliphatic carboxylic acids is 1. The molecule has 7 nitrogen and oxygen atoms in total. The molecule has 20 heavy (non-hydrogen) atoms. The topological polar surface area (TPSA) is 101 Å². The van der Waals surface area contributed by atoms with Crippen molar-refractivity contribution in [2.75, 3.05) is 11.9 Å². The van der Waals surface area contributed by atoms with Crippen molar-refractivity contribution in [1.82, 2.24) is 10.3 Å². The van der Waals surface area contributed by atoms with Crippen molar-refractivity contribution < 1.29 is 19.4 Å². The lowest BCUT2D eigenvalue weighted by atomic mass is 10.2. The van der Waals surface area contributed by atoms with Crippen molar-refractivity contribution in [3.63, 3.8) is 0 Å². The zero-order chi connectivity index (χ0) is 14.5. The zero-order valence-electron chi connectivity index (χ0n) is 11.1. The standard InChI is InChI=1S/C13H17N3O4/c1-8-11(4-5-20-8)16-13(19)15-10-3-2-9(14-7-10)6-12(17)18/h2-3,7-8,11H,4-6H2,1H3,(H,17,18)(H2,15,16,19). The number of carbonyl (C=O) groups is 2. The maximum atomic E-state index is 11.8. The first-order chi connectivity index (χ1) is 9.54. The Labute approximate surface area is 116 Å². The maximum Gasteiger partial charge on any atom is 0.319 e. The van der Waals surface area contributed by atoms with E-state index in [2.05, 4.69) is 15.6 Å². The van der Waals surface area contributed by atoms with E-state index in [-0.39, 0.29) is 24.6 Å². The van der Waals surface area contributed by atoms with Crippen molar-refractivity contribution in [3.05, 3.63) is 24.0 Å². The Balaban J connectivity index is 1.86. The number of amides is 2. The number of nitrogens with zero attached hydrogens (tertiary/aromatic N) is 1. The van der Waals surface area contributed by atoms with Crippen LogP contribution in [0.1, 0.15) is 19.0 Å². The van der Waals surface area contributed by atoms with E-state index < -0.39 is 5.97 Å². The van der Waals surface area contributed by atoms with Crippen LogP contribution in [-0.4, -0.2) is 40.8 Å². The third-order valence-corrected chi connectivity index (χ3v) is 3.11. The molecule has 7 heteroatoms. The van der Waals surface area contributed by atoms with Crippen molar-refractivity contribution in [2.24, 2.45) is 0 Å². The van der Waals surface area contributed by atoms with Crippen LogP contribution in [0.15, 0.2) is 18.3 Å². The van der Waals surface area contributed by atoms with Gasteiger partial charge < -0.3 is 20.5 Å². The molecular formula is C13H17N3O4. The molecule has 0 saturated carbocycles. The molecule has 2 unspecified atom stereocenters. The molecule has 108 valence electrons. The molecule has 1 aromatic heterocycles. The number of ether oxygens (including phenoxy) is 1. The van der Waals surface area contributed by atoms with E-state index in [0.29, 0.717) is 18.0 Å². The van der Waals surface area contributed by atoms with Crippen molar-refractivity contribution in [1.29, 1.82) is 0 Å². The van der Waals surface area contributed by atoms with Gasteiger partial charge in [0.2, 0.25) is 0 Å². The fourth-order valence-electron chi connectivity index (χ4n) is 2.01. The molecule has 3 N–H and O–H groups in total. The van der Waals surface area contributed by atoms with Crippen LogP contribution in [0.25, 0.3) is 0 Å². The van der Waals surface area contributed by atoms with E-state index >= 15 is 0 Å². The first-order valence-electron chi connectivity index (χ1n) is 6.40. The summed E-state index contributed by atoms with van der Waals surface area (Å²) in [6.45, 7) is 2.57. The summed E-state index contributed by atoms with van der Waals surface area (Å²) in [5.74, 6) is -0.939. The SMILES string of the molecule is CC1OCCC1NC(=O)Nc1ccc(CC(=O)O)nc1. The summed E-state index contributed by atoms with van der Waals surface area (Å²) < 4.78 is 5.36. The fourth-order valence-corrected chi connectivity index (χ4v) is 2.01. The van der Waals surface area contributed by atoms with E-state index in [1.54, 1.807) is 12.1 Å².